The summed E-state index contributed by atoms with van der Waals surface area (Å²) in [4.78, 5) is 0. The summed E-state index contributed by atoms with van der Waals surface area (Å²) in [5, 5.41) is 0.607. The molecule has 0 aliphatic heterocycles. The maximum atomic E-state index is 5.97. The van der Waals surface area contributed by atoms with Crippen molar-refractivity contribution in [3.63, 3.8) is 0 Å². The molecule has 0 fully saturated rings. The second kappa shape index (κ2) is 6.94. The summed E-state index contributed by atoms with van der Waals surface area (Å²) in [6.07, 6.45) is 0.852. The van der Waals surface area contributed by atoms with Gasteiger partial charge in [-0.3, -0.25) is 0 Å². The molecular weight excluding hydrogens is 235 g/mol. The summed E-state index contributed by atoms with van der Waals surface area (Å²) in [7, 11) is 1.60. The molecule has 0 N–H and O–H groups in total. The minimum atomic E-state index is 0.501. The first-order valence-electron chi connectivity index (χ1n) is 4.74. The molecule has 0 atom stereocenters. The molecule has 0 unspecified atom stereocenters. The molecule has 0 spiro atoms. The zero-order valence-electron chi connectivity index (χ0n) is 8.63. The van der Waals surface area contributed by atoms with Gasteiger partial charge in [0.05, 0.1) is 18.7 Å². The third-order valence-corrected chi connectivity index (χ3v) is 2.50. The number of alkyl halides is 1. The first-order valence-corrected chi connectivity index (χ1v) is 5.66. The van der Waals surface area contributed by atoms with Crippen molar-refractivity contribution in [2.45, 2.75) is 13.0 Å². The van der Waals surface area contributed by atoms with Crippen molar-refractivity contribution in [3.8, 4) is 5.75 Å². The first-order chi connectivity index (χ1) is 7.29. The average Bonchev–Trinajstić information content (AvgIpc) is 2.24. The number of para-hydroxylation sites is 1. The van der Waals surface area contributed by atoms with Gasteiger partial charge in [0.1, 0.15) is 5.75 Å². The van der Waals surface area contributed by atoms with Crippen molar-refractivity contribution < 1.29 is 9.47 Å². The Kier molecular flexibility index (Phi) is 5.84. The van der Waals surface area contributed by atoms with E-state index in [0.717, 1.165) is 12.0 Å². The Morgan fingerprint density at radius 3 is 2.80 bits per heavy atom. The van der Waals surface area contributed by atoms with Crippen LogP contribution in [-0.2, 0) is 11.3 Å². The second-order valence-corrected chi connectivity index (χ2v) is 3.81. The lowest BCUT2D eigenvalue weighted by Crippen LogP contribution is -1.99. The van der Waals surface area contributed by atoms with E-state index in [4.69, 9.17) is 32.7 Å². The predicted octanol–water partition coefficient (Wildman–Crippen LogP) is 3.49. The topological polar surface area (TPSA) is 18.5 Å². The van der Waals surface area contributed by atoms with Crippen molar-refractivity contribution in [2.24, 2.45) is 0 Å². The van der Waals surface area contributed by atoms with Gasteiger partial charge in [-0.25, -0.2) is 0 Å². The van der Waals surface area contributed by atoms with Crippen molar-refractivity contribution in [2.75, 3.05) is 19.6 Å². The molecule has 0 amide bonds. The van der Waals surface area contributed by atoms with Gasteiger partial charge >= 0.3 is 0 Å². The number of halogens is 2. The lowest BCUT2D eigenvalue weighted by Gasteiger charge is -2.10. The van der Waals surface area contributed by atoms with Gasteiger partial charge in [-0.05, 0) is 12.5 Å². The highest BCUT2D eigenvalue weighted by molar-refractivity contribution is 6.32. The first kappa shape index (κ1) is 12.6. The van der Waals surface area contributed by atoms with Crippen LogP contribution in [0, 0.1) is 0 Å². The van der Waals surface area contributed by atoms with Crippen molar-refractivity contribution >= 4 is 23.2 Å². The van der Waals surface area contributed by atoms with E-state index in [2.05, 4.69) is 0 Å². The van der Waals surface area contributed by atoms with Crippen LogP contribution in [0.15, 0.2) is 18.2 Å². The van der Waals surface area contributed by atoms with Gasteiger partial charge in [-0.2, -0.15) is 0 Å². The summed E-state index contributed by atoms with van der Waals surface area (Å²) >= 11 is 11.5. The minimum absolute atomic E-state index is 0.501. The Hall–Kier alpha value is -0.440. The zero-order chi connectivity index (χ0) is 11.1. The fourth-order valence-electron chi connectivity index (χ4n) is 1.23. The second-order valence-electron chi connectivity index (χ2n) is 3.03. The quantitative estimate of drug-likeness (QED) is 0.567. The van der Waals surface area contributed by atoms with Gasteiger partial charge in [0.2, 0.25) is 0 Å². The standard InChI is InChI=1S/C11H14Cl2O2/c1-14-11-9(4-2-5-10(11)13)8-15-7-3-6-12/h2,4-5H,3,6-8H2,1H3. The molecule has 1 aromatic carbocycles. The van der Waals surface area contributed by atoms with Gasteiger partial charge in [0.25, 0.3) is 0 Å². The molecule has 0 heterocycles. The van der Waals surface area contributed by atoms with E-state index in [1.165, 1.54) is 0 Å². The largest absolute Gasteiger partial charge is 0.495 e. The van der Waals surface area contributed by atoms with E-state index in [1.54, 1.807) is 13.2 Å². The van der Waals surface area contributed by atoms with E-state index in [9.17, 15) is 0 Å². The van der Waals surface area contributed by atoms with Crippen LogP contribution < -0.4 is 4.74 Å². The maximum Gasteiger partial charge on any atom is 0.142 e. The highest BCUT2D eigenvalue weighted by atomic mass is 35.5. The van der Waals surface area contributed by atoms with Gasteiger partial charge in [-0.1, -0.05) is 23.7 Å². The van der Waals surface area contributed by atoms with Gasteiger partial charge in [0.15, 0.2) is 0 Å². The molecule has 0 radical (unpaired) electrons. The lowest BCUT2D eigenvalue weighted by molar-refractivity contribution is 0.120. The minimum Gasteiger partial charge on any atom is -0.495 e. The monoisotopic (exact) mass is 248 g/mol. The molecule has 0 aromatic heterocycles. The Bertz CT molecular complexity index is 303. The highest BCUT2D eigenvalue weighted by Crippen LogP contribution is 2.28. The SMILES string of the molecule is COc1c(Cl)cccc1COCCCCl. The molecular formula is C11H14Cl2O2. The fourth-order valence-corrected chi connectivity index (χ4v) is 1.61. The molecule has 2 nitrogen and oxygen atoms in total. The van der Waals surface area contributed by atoms with Crippen LogP contribution in [0.4, 0.5) is 0 Å². The van der Waals surface area contributed by atoms with E-state index in [-0.39, 0.29) is 0 Å². The third-order valence-electron chi connectivity index (χ3n) is 1.93. The number of benzene rings is 1. The van der Waals surface area contributed by atoms with Crippen molar-refractivity contribution in [1.29, 1.82) is 0 Å². The Morgan fingerprint density at radius 2 is 2.13 bits per heavy atom. The van der Waals surface area contributed by atoms with Gasteiger partial charge < -0.3 is 9.47 Å². The normalized spacial score (nSPS) is 10.3. The smallest absolute Gasteiger partial charge is 0.142 e. The van der Waals surface area contributed by atoms with Crippen LogP contribution in [0.2, 0.25) is 5.02 Å². The number of rotatable bonds is 6. The summed E-state index contributed by atoms with van der Waals surface area (Å²) in [6, 6.07) is 5.61. The Labute approximate surface area is 100 Å². The Balaban J connectivity index is 2.56. The summed E-state index contributed by atoms with van der Waals surface area (Å²) in [6.45, 7) is 1.15. The summed E-state index contributed by atoms with van der Waals surface area (Å²) < 4.78 is 10.6. The van der Waals surface area contributed by atoms with Crippen LogP contribution in [0.25, 0.3) is 0 Å². The molecule has 15 heavy (non-hydrogen) atoms. The van der Waals surface area contributed by atoms with Crippen LogP contribution >= 0.6 is 23.2 Å². The number of ether oxygens (including phenoxy) is 2. The molecule has 0 saturated heterocycles. The summed E-state index contributed by atoms with van der Waals surface area (Å²) in [5.41, 5.74) is 0.958. The van der Waals surface area contributed by atoms with E-state index < -0.39 is 0 Å². The molecule has 0 bridgehead atoms. The van der Waals surface area contributed by atoms with Crippen LogP contribution in [0.3, 0.4) is 0 Å². The highest BCUT2D eigenvalue weighted by Gasteiger charge is 2.06. The van der Waals surface area contributed by atoms with E-state index in [1.807, 2.05) is 12.1 Å². The van der Waals surface area contributed by atoms with Gasteiger partial charge in [0, 0.05) is 18.1 Å². The van der Waals surface area contributed by atoms with Crippen molar-refractivity contribution in [3.05, 3.63) is 28.8 Å². The van der Waals surface area contributed by atoms with E-state index >= 15 is 0 Å². The molecule has 84 valence electrons. The maximum absolute atomic E-state index is 5.97. The van der Waals surface area contributed by atoms with Crippen LogP contribution in [0.1, 0.15) is 12.0 Å². The molecule has 0 saturated carbocycles. The fraction of sp³-hybridized carbons (Fsp3) is 0.455. The Morgan fingerprint density at radius 1 is 1.33 bits per heavy atom. The van der Waals surface area contributed by atoms with Crippen LogP contribution in [0.5, 0.6) is 5.75 Å². The average molecular weight is 249 g/mol. The molecule has 0 aliphatic rings. The zero-order valence-corrected chi connectivity index (χ0v) is 10.1. The molecule has 1 rings (SSSR count). The number of hydrogen-bond acceptors (Lipinski definition) is 2. The molecule has 4 heteroatoms. The number of hydrogen-bond donors (Lipinski definition) is 0. The summed E-state index contributed by atoms with van der Waals surface area (Å²) in [5.74, 6) is 1.30. The van der Waals surface area contributed by atoms with Crippen molar-refractivity contribution in [1.82, 2.24) is 0 Å². The predicted molar refractivity (Wildman–Crippen MR) is 63.0 cm³/mol. The number of methoxy groups -OCH3 is 1. The van der Waals surface area contributed by atoms with Gasteiger partial charge in [-0.15, -0.1) is 11.6 Å². The molecule has 1 aromatic rings. The molecule has 0 aliphatic carbocycles. The van der Waals surface area contributed by atoms with Crippen LogP contribution in [-0.4, -0.2) is 19.6 Å². The van der Waals surface area contributed by atoms with E-state index in [0.29, 0.717) is 29.9 Å². The third kappa shape index (κ3) is 3.90. The lowest BCUT2D eigenvalue weighted by atomic mass is 10.2.